The van der Waals surface area contributed by atoms with Crippen molar-refractivity contribution in [3.63, 3.8) is 0 Å². The van der Waals surface area contributed by atoms with Crippen LogP contribution in [0.5, 0.6) is 11.6 Å². The molecule has 0 aliphatic carbocycles. The Morgan fingerprint density at radius 2 is 2.21 bits per heavy atom. The van der Waals surface area contributed by atoms with Gasteiger partial charge in [-0.2, -0.15) is 0 Å². The first-order valence-electron chi connectivity index (χ1n) is 5.38. The van der Waals surface area contributed by atoms with Crippen LogP contribution in [-0.4, -0.2) is 17.0 Å². The van der Waals surface area contributed by atoms with Gasteiger partial charge in [0.2, 0.25) is 5.88 Å². The van der Waals surface area contributed by atoms with Gasteiger partial charge in [-0.05, 0) is 29.0 Å². The van der Waals surface area contributed by atoms with E-state index in [0.29, 0.717) is 11.0 Å². The van der Waals surface area contributed by atoms with Crippen molar-refractivity contribution in [3.8, 4) is 11.6 Å². The molecule has 4 nitrogen and oxygen atoms in total. The fraction of sp³-hybridized carbons (Fsp3) is 0.167. The van der Waals surface area contributed by atoms with Crippen molar-refractivity contribution >= 4 is 27.5 Å². The summed E-state index contributed by atoms with van der Waals surface area (Å²) in [4.78, 5) is 8.23. The second kappa shape index (κ2) is 6.27. The number of hydrogen-bond acceptors (Lipinski definition) is 4. The average molecular weight is 347 g/mol. The number of ether oxygens (including phenoxy) is 1. The largest absolute Gasteiger partial charge is 0.436 e. The number of hydrogen-bond donors (Lipinski definition) is 1. The van der Waals surface area contributed by atoms with Crippen LogP contribution >= 0.6 is 27.5 Å². The predicted molar refractivity (Wildman–Crippen MR) is 74.0 cm³/mol. The fourth-order valence-corrected chi connectivity index (χ4v) is 2.12. The summed E-state index contributed by atoms with van der Waals surface area (Å²) >= 11 is 8.91. The van der Waals surface area contributed by atoms with E-state index in [1.165, 1.54) is 18.3 Å². The van der Waals surface area contributed by atoms with Crippen molar-refractivity contribution in [3.05, 3.63) is 45.5 Å². The molecular formula is C12H10BrClFN3O. The molecule has 2 aromatic rings. The van der Waals surface area contributed by atoms with E-state index in [9.17, 15) is 4.39 Å². The van der Waals surface area contributed by atoms with Crippen molar-refractivity contribution in [2.45, 2.75) is 6.54 Å². The van der Waals surface area contributed by atoms with Crippen molar-refractivity contribution in [2.75, 3.05) is 7.05 Å². The highest BCUT2D eigenvalue weighted by atomic mass is 79.9. The average Bonchev–Trinajstić information content (AvgIpc) is 2.37. The van der Waals surface area contributed by atoms with Gasteiger partial charge in [0.05, 0.1) is 21.4 Å². The van der Waals surface area contributed by atoms with Crippen molar-refractivity contribution < 1.29 is 9.13 Å². The molecule has 7 heteroatoms. The Labute approximate surface area is 123 Å². The van der Waals surface area contributed by atoms with Gasteiger partial charge < -0.3 is 10.1 Å². The van der Waals surface area contributed by atoms with Gasteiger partial charge in [0, 0.05) is 18.8 Å². The second-order valence-corrected chi connectivity index (χ2v) is 4.94. The first-order chi connectivity index (χ1) is 9.10. The van der Waals surface area contributed by atoms with E-state index in [4.69, 9.17) is 16.3 Å². The maximum Gasteiger partial charge on any atom is 0.238 e. The minimum absolute atomic E-state index is 0.0224. The van der Waals surface area contributed by atoms with Gasteiger partial charge in [0.1, 0.15) is 11.6 Å². The van der Waals surface area contributed by atoms with Gasteiger partial charge in [-0.3, -0.25) is 4.98 Å². The molecule has 0 saturated carbocycles. The molecule has 19 heavy (non-hydrogen) atoms. The number of benzene rings is 1. The second-order valence-electron chi connectivity index (χ2n) is 3.68. The summed E-state index contributed by atoms with van der Waals surface area (Å²) in [5, 5.41) is 2.98. The highest BCUT2D eigenvalue weighted by Crippen LogP contribution is 2.32. The minimum atomic E-state index is -0.556. The monoisotopic (exact) mass is 345 g/mol. The van der Waals surface area contributed by atoms with Gasteiger partial charge in [0.15, 0.2) is 0 Å². The van der Waals surface area contributed by atoms with E-state index < -0.39 is 5.82 Å². The minimum Gasteiger partial charge on any atom is -0.436 e. The van der Waals surface area contributed by atoms with Gasteiger partial charge in [-0.1, -0.05) is 11.6 Å². The Kier molecular flexibility index (Phi) is 4.68. The lowest BCUT2D eigenvalue weighted by atomic mass is 10.3. The first kappa shape index (κ1) is 14.2. The zero-order valence-corrected chi connectivity index (χ0v) is 12.3. The van der Waals surface area contributed by atoms with Gasteiger partial charge in [-0.15, -0.1) is 0 Å². The third kappa shape index (κ3) is 3.62. The van der Waals surface area contributed by atoms with Crippen LogP contribution in [0.15, 0.2) is 29.0 Å². The van der Waals surface area contributed by atoms with Crippen LogP contribution in [0.2, 0.25) is 5.02 Å². The molecule has 0 unspecified atom stereocenters. The molecule has 0 fully saturated rings. The molecule has 100 valence electrons. The molecule has 1 aromatic heterocycles. The standard InChI is InChI=1S/C12H10BrClFN3O/c1-16-4-7-5-17-6-12(18-7)19-11-3-10(15)9(14)2-8(11)13/h2-3,5-6,16H,4H2,1H3. The van der Waals surface area contributed by atoms with E-state index in [1.807, 2.05) is 0 Å². The molecule has 1 N–H and O–H groups in total. The lowest BCUT2D eigenvalue weighted by Crippen LogP contribution is -2.07. The summed E-state index contributed by atoms with van der Waals surface area (Å²) in [7, 11) is 1.81. The van der Waals surface area contributed by atoms with Crippen molar-refractivity contribution in [2.24, 2.45) is 0 Å². The van der Waals surface area contributed by atoms with Gasteiger partial charge in [-0.25, -0.2) is 9.37 Å². The highest BCUT2D eigenvalue weighted by molar-refractivity contribution is 9.10. The smallest absolute Gasteiger partial charge is 0.238 e. The molecule has 1 heterocycles. The highest BCUT2D eigenvalue weighted by Gasteiger charge is 2.10. The molecule has 1 aromatic carbocycles. The Morgan fingerprint density at radius 1 is 1.42 bits per heavy atom. The molecule has 0 aliphatic heterocycles. The molecule has 0 atom stereocenters. The molecule has 0 spiro atoms. The number of nitrogens with zero attached hydrogens (tertiary/aromatic N) is 2. The predicted octanol–water partition coefficient (Wildman–Crippen LogP) is 3.54. The maximum atomic E-state index is 13.4. The van der Waals surface area contributed by atoms with Crippen LogP contribution in [0.4, 0.5) is 4.39 Å². The molecule has 0 saturated heterocycles. The summed E-state index contributed by atoms with van der Waals surface area (Å²) in [5.74, 6) is 0.0205. The van der Waals surface area contributed by atoms with Crippen LogP contribution in [0.25, 0.3) is 0 Å². The molecule has 0 radical (unpaired) electrons. The number of nitrogens with one attached hydrogen (secondary N) is 1. The molecule has 2 rings (SSSR count). The van der Waals surface area contributed by atoms with E-state index in [-0.39, 0.29) is 16.7 Å². The Bertz CT molecular complexity index is 597. The van der Waals surface area contributed by atoms with Gasteiger partial charge in [0.25, 0.3) is 0 Å². The molecular weight excluding hydrogens is 337 g/mol. The number of halogens is 3. The maximum absolute atomic E-state index is 13.4. The van der Waals surface area contributed by atoms with Crippen molar-refractivity contribution in [1.29, 1.82) is 0 Å². The lowest BCUT2D eigenvalue weighted by Gasteiger charge is -2.08. The summed E-state index contributed by atoms with van der Waals surface area (Å²) < 4.78 is 19.4. The fourth-order valence-electron chi connectivity index (χ4n) is 1.40. The van der Waals surface area contributed by atoms with Crippen LogP contribution in [0.3, 0.4) is 0 Å². The van der Waals surface area contributed by atoms with E-state index >= 15 is 0 Å². The Balaban J connectivity index is 2.25. The van der Waals surface area contributed by atoms with Crippen LogP contribution in [-0.2, 0) is 6.54 Å². The zero-order valence-electron chi connectivity index (χ0n) is 9.95. The third-order valence-electron chi connectivity index (χ3n) is 2.21. The molecule has 0 aliphatic rings. The lowest BCUT2D eigenvalue weighted by molar-refractivity contribution is 0.449. The zero-order chi connectivity index (χ0) is 13.8. The Hall–Kier alpha value is -1.24. The molecule has 0 bridgehead atoms. The summed E-state index contributed by atoms with van der Waals surface area (Å²) in [6.07, 6.45) is 3.08. The van der Waals surface area contributed by atoms with Crippen molar-refractivity contribution in [1.82, 2.24) is 15.3 Å². The SMILES string of the molecule is CNCc1cncc(Oc2cc(F)c(Cl)cc2Br)n1. The summed E-state index contributed by atoms with van der Waals surface area (Å²) in [6, 6.07) is 2.62. The topological polar surface area (TPSA) is 47.0 Å². The van der Waals surface area contributed by atoms with Gasteiger partial charge >= 0.3 is 0 Å². The quantitative estimate of drug-likeness (QED) is 0.860. The van der Waals surface area contributed by atoms with E-state index in [0.717, 1.165) is 5.69 Å². The number of rotatable bonds is 4. The van der Waals surface area contributed by atoms with Crippen LogP contribution in [0, 0.1) is 5.82 Å². The van der Waals surface area contributed by atoms with Crippen LogP contribution in [0.1, 0.15) is 5.69 Å². The van der Waals surface area contributed by atoms with E-state index in [2.05, 4.69) is 31.2 Å². The third-order valence-corrected chi connectivity index (χ3v) is 3.12. The summed E-state index contributed by atoms with van der Waals surface area (Å²) in [5.41, 5.74) is 0.727. The van der Waals surface area contributed by atoms with E-state index in [1.54, 1.807) is 13.2 Å². The number of aromatic nitrogens is 2. The Morgan fingerprint density at radius 3 is 2.95 bits per heavy atom. The van der Waals surface area contributed by atoms with Crippen LogP contribution < -0.4 is 10.1 Å². The normalized spacial score (nSPS) is 10.5. The summed E-state index contributed by atoms with van der Waals surface area (Å²) in [6.45, 7) is 0.570. The first-order valence-corrected chi connectivity index (χ1v) is 6.55. The molecule has 0 amide bonds.